The van der Waals surface area contributed by atoms with E-state index >= 15 is 0 Å². The van der Waals surface area contributed by atoms with Crippen molar-refractivity contribution in [2.24, 2.45) is 0 Å². The van der Waals surface area contributed by atoms with Crippen LogP contribution in [0.3, 0.4) is 0 Å². The number of nitro groups is 1. The van der Waals surface area contributed by atoms with Crippen LogP contribution in [0.15, 0.2) is 18.2 Å². The van der Waals surface area contributed by atoms with E-state index in [0.29, 0.717) is 23.5 Å². The first-order chi connectivity index (χ1) is 11.0. The minimum Gasteiger partial charge on any atom is -0.480 e. The molecule has 1 aromatic carbocycles. The Morgan fingerprint density at radius 3 is 2.83 bits per heavy atom. The number of rotatable bonds is 9. The molecule has 126 valence electrons. The molecule has 0 fully saturated rings. The fourth-order valence-electron chi connectivity index (χ4n) is 2.31. The Balaban J connectivity index is 2.18. The highest BCUT2D eigenvalue weighted by Gasteiger charge is 2.28. The molecule has 2 rings (SSSR count). The lowest BCUT2D eigenvalue weighted by molar-refractivity contribution is -0.479. The van der Waals surface area contributed by atoms with Gasteiger partial charge in [0.15, 0.2) is 11.5 Å². The Bertz CT molecular complexity index is 579. The fourth-order valence-corrected chi connectivity index (χ4v) is 3.64. The molecule has 23 heavy (non-hydrogen) atoms. The molecule has 0 saturated heterocycles. The van der Waals surface area contributed by atoms with E-state index in [2.05, 4.69) is 0 Å². The van der Waals surface area contributed by atoms with Gasteiger partial charge < -0.3 is 14.6 Å². The van der Waals surface area contributed by atoms with Gasteiger partial charge in [-0.05, 0) is 24.1 Å². The summed E-state index contributed by atoms with van der Waals surface area (Å²) >= 11 is 1.13. The normalized spacial score (nSPS) is 15.2. The number of thioether (sulfide) groups is 1. The first-order valence-corrected chi connectivity index (χ1v) is 8.35. The Kier molecular flexibility index (Phi) is 6.09. The fraction of sp³-hybridized carbons (Fsp3) is 0.533. The lowest BCUT2D eigenvalue weighted by Gasteiger charge is -2.18. The molecular formula is C15H19NO6S. The van der Waals surface area contributed by atoms with Gasteiger partial charge >= 0.3 is 5.97 Å². The monoisotopic (exact) mass is 341 g/mol. The van der Waals surface area contributed by atoms with Crippen molar-refractivity contribution in [3.8, 4) is 11.5 Å². The largest absolute Gasteiger partial charge is 0.480 e. The predicted octanol–water partition coefficient (Wildman–Crippen LogP) is 3.11. The molecule has 0 saturated carbocycles. The number of hydrogen-bond acceptors (Lipinski definition) is 6. The molecule has 0 aliphatic carbocycles. The molecule has 2 atom stereocenters. The number of benzene rings is 1. The summed E-state index contributed by atoms with van der Waals surface area (Å²) in [6, 6.07) is 5.13. The van der Waals surface area contributed by atoms with Gasteiger partial charge in [-0.15, -0.1) is 11.8 Å². The molecule has 1 aromatic rings. The second-order valence-corrected chi connectivity index (χ2v) is 6.63. The molecule has 0 bridgehead atoms. The van der Waals surface area contributed by atoms with Gasteiger partial charge in [-0.1, -0.05) is 25.8 Å². The number of carboxylic acid groups (broad SMARTS) is 1. The van der Waals surface area contributed by atoms with Gasteiger partial charge in [0.05, 0.1) is 5.25 Å². The number of fused-ring (bicyclic) bond motifs is 1. The number of hydrogen-bond donors (Lipinski definition) is 1. The van der Waals surface area contributed by atoms with E-state index in [4.69, 9.17) is 9.47 Å². The molecule has 7 nitrogen and oxygen atoms in total. The summed E-state index contributed by atoms with van der Waals surface area (Å²) in [5.74, 6) is 0.203. The maximum atomic E-state index is 11.4. The molecule has 0 radical (unpaired) electrons. The van der Waals surface area contributed by atoms with Crippen LogP contribution in [-0.4, -0.2) is 34.6 Å². The van der Waals surface area contributed by atoms with Crippen molar-refractivity contribution >= 4 is 17.7 Å². The summed E-state index contributed by atoms with van der Waals surface area (Å²) in [6.45, 7) is 1.77. The first kappa shape index (κ1) is 17.4. The summed E-state index contributed by atoms with van der Waals surface area (Å²) in [6.07, 6.45) is 2.15. The molecule has 8 heteroatoms. The van der Waals surface area contributed by atoms with Crippen LogP contribution in [0.25, 0.3) is 0 Å². The molecule has 1 N–H and O–H groups in total. The van der Waals surface area contributed by atoms with E-state index in [0.717, 1.165) is 24.6 Å². The Morgan fingerprint density at radius 1 is 1.43 bits per heavy atom. The quantitative estimate of drug-likeness (QED) is 0.544. The summed E-state index contributed by atoms with van der Waals surface area (Å²) in [5.41, 5.74) is 0.679. The number of unbranched alkanes of at least 4 members (excludes halogenated alkanes) is 1. The molecule has 0 amide bonds. The van der Waals surface area contributed by atoms with Gasteiger partial charge in [0.2, 0.25) is 13.3 Å². The molecule has 1 heterocycles. The average molecular weight is 341 g/mol. The zero-order chi connectivity index (χ0) is 16.8. The van der Waals surface area contributed by atoms with Crippen molar-refractivity contribution in [3.05, 3.63) is 33.9 Å². The SMILES string of the molecule is CCCCC(SC(C[N+](=O)[O-])c1ccc2c(c1)OCO2)C(=O)O. The van der Waals surface area contributed by atoms with Gasteiger partial charge in [0.25, 0.3) is 0 Å². The number of aliphatic carboxylic acids is 1. The van der Waals surface area contributed by atoms with Crippen LogP contribution in [0, 0.1) is 10.1 Å². The van der Waals surface area contributed by atoms with E-state index in [1.807, 2.05) is 6.92 Å². The molecular weight excluding hydrogens is 322 g/mol. The van der Waals surface area contributed by atoms with E-state index in [-0.39, 0.29) is 13.3 Å². The van der Waals surface area contributed by atoms with Gasteiger partial charge in [0, 0.05) is 4.92 Å². The third-order valence-corrected chi connectivity index (χ3v) is 5.02. The van der Waals surface area contributed by atoms with Crippen molar-refractivity contribution in [1.82, 2.24) is 0 Å². The standard InChI is InChI=1S/C15H19NO6S/c1-2-3-4-13(15(17)18)23-14(8-16(19)20)10-5-6-11-12(7-10)22-9-21-11/h5-7,13-14H,2-4,8-9H2,1H3,(H,17,18). The van der Waals surface area contributed by atoms with Crippen LogP contribution in [0.1, 0.15) is 37.0 Å². The molecule has 1 aliphatic rings. The number of nitrogens with zero attached hydrogens (tertiary/aromatic N) is 1. The molecule has 1 aliphatic heterocycles. The van der Waals surface area contributed by atoms with Crippen LogP contribution in [0.4, 0.5) is 0 Å². The van der Waals surface area contributed by atoms with E-state index in [1.54, 1.807) is 18.2 Å². The Morgan fingerprint density at radius 2 is 2.17 bits per heavy atom. The van der Waals surface area contributed by atoms with Crippen LogP contribution in [0.2, 0.25) is 0 Å². The zero-order valence-electron chi connectivity index (χ0n) is 12.8. The van der Waals surface area contributed by atoms with Crippen LogP contribution < -0.4 is 9.47 Å². The topological polar surface area (TPSA) is 98.9 Å². The lowest BCUT2D eigenvalue weighted by atomic mass is 10.1. The summed E-state index contributed by atoms with van der Waals surface area (Å²) in [5, 5.41) is 19.1. The van der Waals surface area contributed by atoms with Crippen molar-refractivity contribution in [2.75, 3.05) is 13.3 Å². The Labute approximate surface area is 138 Å². The third-order valence-electron chi connectivity index (χ3n) is 3.51. The second kappa shape index (κ2) is 8.05. The van der Waals surface area contributed by atoms with Gasteiger partial charge in [-0.3, -0.25) is 14.9 Å². The number of ether oxygens (including phenoxy) is 2. The van der Waals surface area contributed by atoms with E-state index in [1.165, 1.54) is 0 Å². The summed E-state index contributed by atoms with van der Waals surface area (Å²) in [7, 11) is 0. The lowest BCUT2D eigenvalue weighted by Crippen LogP contribution is -2.21. The molecule has 0 spiro atoms. The number of carbonyl (C=O) groups is 1. The number of carboxylic acids is 1. The van der Waals surface area contributed by atoms with Gasteiger partial charge in [0.1, 0.15) is 5.25 Å². The maximum absolute atomic E-state index is 11.4. The highest BCUT2D eigenvalue weighted by atomic mass is 32.2. The second-order valence-electron chi connectivity index (χ2n) is 5.22. The van der Waals surface area contributed by atoms with E-state index in [9.17, 15) is 20.0 Å². The van der Waals surface area contributed by atoms with Crippen LogP contribution in [-0.2, 0) is 4.79 Å². The minimum atomic E-state index is -0.933. The predicted molar refractivity (Wildman–Crippen MR) is 85.7 cm³/mol. The van der Waals surface area contributed by atoms with Crippen LogP contribution in [0.5, 0.6) is 11.5 Å². The summed E-state index contributed by atoms with van der Waals surface area (Å²) in [4.78, 5) is 22.0. The Hall–Kier alpha value is -1.96. The highest BCUT2D eigenvalue weighted by molar-refractivity contribution is 8.00. The highest BCUT2D eigenvalue weighted by Crippen LogP contribution is 2.40. The van der Waals surface area contributed by atoms with Crippen molar-refractivity contribution < 1.29 is 24.3 Å². The maximum Gasteiger partial charge on any atom is 0.316 e. The van der Waals surface area contributed by atoms with E-state index < -0.39 is 21.4 Å². The minimum absolute atomic E-state index is 0.125. The molecule has 2 unspecified atom stereocenters. The third kappa shape index (κ3) is 4.75. The van der Waals surface area contributed by atoms with Gasteiger partial charge in [-0.2, -0.15) is 0 Å². The van der Waals surface area contributed by atoms with Crippen molar-refractivity contribution in [1.29, 1.82) is 0 Å². The first-order valence-electron chi connectivity index (χ1n) is 7.41. The van der Waals surface area contributed by atoms with Crippen molar-refractivity contribution in [2.45, 2.75) is 36.7 Å². The van der Waals surface area contributed by atoms with Gasteiger partial charge in [-0.25, -0.2) is 0 Å². The van der Waals surface area contributed by atoms with Crippen LogP contribution >= 0.6 is 11.8 Å². The van der Waals surface area contributed by atoms with Crippen molar-refractivity contribution in [3.63, 3.8) is 0 Å². The average Bonchev–Trinajstić information content (AvgIpc) is 2.97. The smallest absolute Gasteiger partial charge is 0.316 e. The molecule has 0 aromatic heterocycles. The summed E-state index contributed by atoms with van der Waals surface area (Å²) < 4.78 is 10.5. The zero-order valence-corrected chi connectivity index (χ0v) is 13.6.